The molecule has 0 saturated heterocycles. The number of fused-ring (bicyclic) bond motifs is 1. The quantitative estimate of drug-likeness (QED) is 0.487. The average molecular weight is 351 g/mol. The summed E-state index contributed by atoms with van der Waals surface area (Å²) >= 11 is 0. The van der Waals surface area contributed by atoms with E-state index >= 15 is 0 Å². The van der Waals surface area contributed by atoms with Crippen LogP contribution in [0.5, 0.6) is 0 Å². The summed E-state index contributed by atoms with van der Waals surface area (Å²) in [6.07, 6.45) is 4.17. The van der Waals surface area contributed by atoms with Crippen molar-refractivity contribution >= 4 is 11.0 Å². The molecule has 5 heteroatoms. The van der Waals surface area contributed by atoms with Crippen molar-refractivity contribution in [3.63, 3.8) is 0 Å². The highest BCUT2D eigenvalue weighted by Gasteiger charge is 2.06. The van der Waals surface area contributed by atoms with Crippen LogP contribution in [-0.2, 0) is 13.1 Å². The fraction of sp³-hybridized carbons (Fsp3) is 0.429. The Morgan fingerprint density at radius 3 is 2.50 bits per heavy atom. The molecule has 0 amide bonds. The Labute approximate surface area is 155 Å². The maximum absolute atomic E-state index is 4.58. The van der Waals surface area contributed by atoms with Crippen LogP contribution in [0.4, 0.5) is 0 Å². The first-order chi connectivity index (χ1) is 12.7. The van der Waals surface area contributed by atoms with Gasteiger partial charge in [0.2, 0.25) is 0 Å². The number of unbranched alkanes of at least 4 members (excludes halogenated alkanes) is 1. The summed E-state index contributed by atoms with van der Waals surface area (Å²) in [5.41, 5.74) is 4.64. The van der Waals surface area contributed by atoms with Gasteiger partial charge in [0.25, 0.3) is 0 Å². The third kappa shape index (κ3) is 5.13. The lowest BCUT2D eigenvalue weighted by Crippen LogP contribution is -2.20. The number of hydrogen-bond donors (Lipinski definition) is 3. The highest BCUT2D eigenvalue weighted by atomic mass is 15.0. The molecule has 2 aromatic heterocycles. The lowest BCUT2D eigenvalue weighted by molar-refractivity contribution is 0.572. The Morgan fingerprint density at radius 1 is 0.962 bits per heavy atom. The Balaban J connectivity index is 1.29. The van der Waals surface area contributed by atoms with Gasteiger partial charge in [-0.2, -0.15) is 0 Å². The van der Waals surface area contributed by atoms with Gasteiger partial charge in [0, 0.05) is 12.7 Å². The summed E-state index contributed by atoms with van der Waals surface area (Å²) in [6, 6.07) is 12.3. The predicted molar refractivity (Wildman–Crippen MR) is 107 cm³/mol. The van der Waals surface area contributed by atoms with E-state index in [1.165, 1.54) is 11.3 Å². The van der Waals surface area contributed by atoms with Crippen molar-refractivity contribution < 1.29 is 0 Å². The second-order valence-corrected chi connectivity index (χ2v) is 6.96. The number of rotatable bonds is 10. The summed E-state index contributed by atoms with van der Waals surface area (Å²) in [5, 5.41) is 6.98. The van der Waals surface area contributed by atoms with E-state index in [0.717, 1.165) is 55.9 Å². The monoisotopic (exact) mass is 351 g/mol. The van der Waals surface area contributed by atoms with E-state index in [0.29, 0.717) is 5.92 Å². The third-order valence-corrected chi connectivity index (χ3v) is 4.53. The molecule has 3 aromatic rings. The number of nitrogens with zero attached hydrogens (tertiary/aromatic N) is 2. The number of pyridine rings is 1. The standard InChI is InChI=1S/C21H29N5/c1-16(2)17-8-7-13-24-20(17)14-22-11-5-6-12-23-15-21-25-18-9-3-4-10-19(18)26-21/h3-4,7-10,13,16,22-23H,5-6,11-12,14-15H2,1-2H3,(H,25,26). The van der Waals surface area contributed by atoms with Crippen LogP contribution in [0.2, 0.25) is 0 Å². The highest BCUT2D eigenvalue weighted by Crippen LogP contribution is 2.16. The average Bonchev–Trinajstić information content (AvgIpc) is 3.07. The first-order valence-electron chi connectivity index (χ1n) is 9.53. The molecule has 5 nitrogen and oxygen atoms in total. The number of imidazole rings is 1. The molecule has 0 saturated carbocycles. The first kappa shape index (κ1) is 18.5. The molecule has 0 unspecified atom stereocenters. The molecule has 3 rings (SSSR count). The minimum atomic E-state index is 0.517. The number of benzene rings is 1. The molecule has 0 aliphatic heterocycles. The summed E-state index contributed by atoms with van der Waals surface area (Å²) in [6.45, 7) is 8.08. The molecule has 0 fully saturated rings. The molecule has 2 heterocycles. The smallest absolute Gasteiger partial charge is 0.121 e. The maximum Gasteiger partial charge on any atom is 0.121 e. The molecule has 1 aromatic carbocycles. The number of para-hydroxylation sites is 2. The molecule has 3 N–H and O–H groups in total. The molecule has 0 aliphatic carbocycles. The summed E-state index contributed by atoms with van der Waals surface area (Å²) in [5.74, 6) is 1.52. The van der Waals surface area contributed by atoms with Gasteiger partial charge in [0.05, 0.1) is 23.3 Å². The van der Waals surface area contributed by atoms with Crippen LogP contribution < -0.4 is 10.6 Å². The van der Waals surface area contributed by atoms with Crippen molar-refractivity contribution in [2.75, 3.05) is 13.1 Å². The zero-order chi connectivity index (χ0) is 18.2. The van der Waals surface area contributed by atoms with Crippen LogP contribution in [0.15, 0.2) is 42.6 Å². The SMILES string of the molecule is CC(C)c1cccnc1CNCCCCNCc1nc2ccccc2[nH]1. The van der Waals surface area contributed by atoms with Crippen molar-refractivity contribution in [1.29, 1.82) is 0 Å². The van der Waals surface area contributed by atoms with Crippen molar-refractivity contribution in [3.8, 4) is 0 Å². The van der Waals surface area contributed by atoms with Gasteiger partial charge >= 0.3 is 0 Å². The summed E-state index contributed by atoms with van der Waals surface area (Å²) in [4.78, 5) is 12.4. The van der Waals surface area contributed by atoms with Crippen molar-refractivity contribution in [3.05, 3.63) is 59.7 Å². The van der Waals surface area contributed by atoms with Crippen molar-refractivity contribution in [2.45, 2.75) is 45.7 Å². The minimum absolute atomic E-state index is 0.517. The Kier molecular flexibility index (Phi) is 6.75. The molecule has 0 atom stereocenters. The van der Waals surface area contributed by atoms with Gasteiger partial charge in [-0.05, 0) is 55.6 Å². The van der Waals surface area contributed by atoms with Crippen LogP contribution in [0.25, 0.3) is 11.0 Å². The van der Waals surface area contributed by atoms with E-state index < -0.39 is 0 Å². The van der Waals surface area contributed by atoms with E-state index in [9.17, 15) is 0 Å². The van der Waals surface area contributed by atoms with E-state index in [4.69, 9.17) is 0 Å². The lowest BCUT2D eigenvalue weighted by Gasteiger charge is -2.12. The number of aromatic nitrogens is 3. The second-order valence-electron chi connectivity index (χ2n) is 6.96. The lowest BCUT2D eigenvalue weighted by atomic mass is 10.0. The van der Waals surface area contributed by atoms with E-state index in [-0.39, 0.29) is 0 Å². The third-order valence-electron chi connectivity index (χ3n) is 4.53. The van der Waals surface area contributed by atoms with Crippen molar-refractivity contribution in [1.82, 2.24) is 25.6 Å². The van der Waals surface area contributed by atoms with Gasteiger partial charge < -0.3 is 15.6 Å². The van der Waals surface area contributed by atoms with Gasteiger partial charge in [-0.1, -0.05) is 32.0 Å². The van der Waals surface area contributed by atoms with E-state index in [2.05, 4.69) is 51.6 Å². The van der Waals surface area contributed by atoms with Gasteiger partial charge in [-0.15, -0.1) is 0 Å². The Hall–Kier alpha value is -2.24. The van der Waals surface area contributed by atoms with E-state index in [1.807, 2.05) is 30.5 Å². The zero-order valence-corrected chi connectivity index (χ0v) is 15.8. The molecular formula is C21H29N5. The van der Waals surface area contributed by atoms with Crippen LogP contribution >= 0.6 is 0 Å². The molecule has 0 aliphatic rings. The normalized spacial score (nSPS) is 11.5. The van der Waals surface area contributed by atoms with E-state index in [1.54, 1.807) is 0 Å². The van der Waals surface area contributed by atoms with Gasteiger partial charge in [-0.3, -0.25) is 4.98 Å². The maximum atomic E-state index is 4.58. The Bertz CT molecular complexity index is 776. The van der Waals surface area contributed by atoms with Crippen LogP contribution in [0.1, 0.15) is 49.7 Å². The summed E-state index contributed by atoms with van der Waals surface area (Å²) < 4.78 is 0. The molecule has 0 radical (unpaired) electrons. The molecule has 0 spiro atoms. The van der Waals surface area contributed by atoms with Crippen LogP contribution in [0.3, 0.4) is 0 Å². The van der Waals surface area contributed by atoms with Crippen LogP contribution in [0, 0.1) is 0 Å². The molecule has 26 heavy (non-hydrogen) atoms. The highest BCUT2D eigenvalue weighted by molar-refractivity contribution is 5.74. The van der Waals surface area contributed by atoms with Gasteiger partial charge in [0.15, 0.2) is 0 Å². The largest absolute Gasteiger partial charge is 0.341 e. The predicted octanol–water partition coefficient (Wildman–Crippen LogP) is 3.74. The van der Waals surface area contributed by atoms with Gasteiger partial charge in [0.1, 0.15) is 5.82 Å². The van der Waals surface area contributed by atoms with Gasteiger partial charge in [-0.25, -0.2) is 4.98 Å². The van der Waals surface area contributed by atoms with Crippen LogP contribution in [-0.4, -0.2) is 28.0 Å². The molecule has 138 valence electrons. The second kappa shape index (κ2) is 9.46. The topological polar surface area (TPSA) is 65.6 Å². The number of nitrogens with one attached hydrogen (secondary N) is 3. The number of H-pyrrole nitrogens is 1. The molecule has 0 bridgehead atoms. The zero-order valence-electron chi connectivity index (χ0n) is 15.8. The number of aromatic amines is 1. The fourth-order valence-corrected chi connectivity index (χ4v) is 3.13. The Morgan fingerprint density at radius 2 is 1.73 bits per heavy atom. The molecular weight excluding hydrogens is 322 g/mol. The van der Waals surface area contributed by atoms with Crippen molar-refractivity contribution in [2.24, 2.45) is 0 Å². The summed E-state index contributed by atoms with van der Waals surface area (Å²) in [7, 11) is 0. The number of hydrogen-bond acceptors (Lipinski definition) is 4. The minimum Gasteiger partial charge on any atom is -0.341 e. The fourth-order valence-electron chi connectivity index (χ4n) is 3.13. The first-order valence-corrected chi connectivity index (χ1v) is 9.53.